The number of aliphatic hydroxyl groups excluding tert-OH is 1. The molecule has 0 aromatic carbocycles. The predicted octanol–water partition coefficient (Wildman–Crippen LogP) is 0.817. The molecule has 0 amide bonds. The molecular formula is C19H27NO11. The Kier molecular flexibility index (Phi) is 8.31. The van der Waals surface area contributed by atoms with Crippen LogP contribution in [0.3, 0.4) is 0 Å². The smallest absolute Gasteiger partial charge is 0.313 e. The third kappa shape index (κ3) is 6.12. The molecule has 2 saturated carbocycles. The van der Waals surface area contributed by atoms with Gasteiger partial charge in [0.05, 0.1) is 29.8 Å². The summed E-state index contributed by atoms with van der Waals surface area (Å²) in [6, 6.07) is -1.07. The number of carboxylic acids is 2. The van der Waals surface area contributed by atoms with Gasteiger partial charge in [-0.15, -0.1) is 0 Å². The lowest BCUT2D eigenvalue weighted by Gasteiger charge is -2.32. The number of nitro groups is 1. The molecule has 0 bridgehead atoms. The number of carboxylic acid groups (broad SMARTS) is 2. The van der Waals surface area contributed by atoms with E-state index in [1.807, 2.05) is 0 Å². The van der Waals surface area contributed by atoms with Crippen LogP contribution in [0.2, 0.25) is 0 Å². The highest BCUT2D eigenvalue weighted by atomic mass is 16.7. The molecule has 2 fully saturated rings. The van der Waals surface area contributed by atoms with E-state index in [0.717, 1.165) is 0 Å². The van der Waals surface area contributed by atoms with Crippen molar-refractivity contribution >= 4 is 23.9 Å². The highest BCUT2D eigenvalue weighted by molar-refractivity contribution is 5.83. The molecule has 0 radical (unpaired) electrons. The van der Waals surface area contributed by atoms with Crippen molar-refractivity contribution < 1.29 is 48.9 Å². The minimum Gasteiger partial charge on any atom is -0.481 e. The summed E-state index contributed by atoms with van der Waals surface area (Å²) in [7, 11) is 0. The summed E-state index contributed by atoms with van der Waals surface area (Å²) in [6.45, 7) is 1.54. The summed E-state index contributed by atoms with van der Waals surface area (Å²) in [5.41, 5.74) is 0. The van der Waals surface area contributed by atoms with E-state index in [1.54, 1.807) is 6.92 Å². The van der Waals surface area contributed by atoms with Gasteiger partial charge in [0.1, 0.15) is 0 Å². The SMILES string of the molecule is CCC(OC(=O)C1CCC(O)CC1C(=O)O)OC(=O)C1CC([N+](=O)[O-])CCC1C(=O)O. The Morgan fingerprint density at radius 3 is 1.97 bits per heavy atom. The third-order valence-electron chi connectivity index (χ3n) is 6.01. The van der Waals surface area contributed by atoms with E-state index in [-0.39, 0.29) is 44.9 Å². The van der Waals surface area contributed by atoms with E-state index in [1.165, 1.54) is 0 Å². The molecule has 3 N–H and O–H groups in total. The summed E-state index contributed by atoms with van der Waals surface area (Å²) in [5.74, 6) is -8.97. The van der Waals surface area contributed by atoms with Gasteiger partial charge in [0.2, 0.25) is 12.3 Å². The second-order valence-corrected chi connectivity index (χ2v) is 8.03. The Hall–Kier alpha value is -2.76. The Labute approximate surface area is 177 Å². The fourth-order valence-electron chi connectivity index (χ4n) is 4.22. The maximum Gasteiger partial charge on any atom is 0.313 e. The van der Waals surface area contributed by atoms with Crippen LogP contribution in [0.15, 0.2) is 0 Å². The van der Waals surface area contributed by atoms with Crippen LogP contribution < -0.4 is 0 Å². The summed E-state index contributed by atoms with van der Waals surface area (Å²) in [5, 5.41) is 39.4. The van der Waals surface area contributed by atoms with E-state index in [9.17, 15) is 44.6 Å². The second kappa shape index (κ2) is 10.5. The molecule has 7 unspecified atom stereocenters. The lowest BCUT2D eigenvalue weighted by Crippen LogP contribution is -2.43. The molecule has 0 spiro atoms. The monoisotopic (exact) mass is 445 g/mol. The van der Waals surface area contributed by atoms with Crippen molar-refractivity contribution in [1.82, 2.24) is 0 Å². The largest absolute Gasteiger partial charge is 0.481 e. The zero-order valence-electron chi connectivity index (χ0n) is 17.0. The molecule has 174 valence electrons. The number of hydrogen-bond donors (Lipinski definition) is 3. The van der Waals surface area contributed by atoms with Crippen molar-refractivity contribution in [2.75, 3.05) is 0 Å². The first kappa shape index (κ1) is 24.5. The molecule has 12 heteroatoms. The van der Waals surface area contributed by atoms with E-state index in [0.29, 0.717) is 0 Å². The van der Waals surface area contributed by atoms with Crippen molar-refractivity contribution in [2.45, 2.75) is 70.3 Å². The highest BCUT2D eigenvalue weighted by Gasteiger charge is 2.45. The molecule has 0 aromatic heterocycles. The van der Waals surface area contributed by atoms with Gasteiger partial charge in [0.15, 0.2) is 0 Å². The van der Waals surface area contributed by atoms with Gasteiger partial charge in [0.25, 0.3) is 0 Å². The summed E-state index contributed by atoms with van der Waals surface area (Å²) >= 11 is 0. The standard InChI is InChI=1S/C19H27NO11/c1-2-15(30-18(26)12-6-4-10(21)8-13(12)17(24)25)31-19(27)14-7-9(20(28)29)3-5-11(14)16(22)23/h9-15,21H,2-8H2,1H3,(H,22,23)(H,24,25). The van der Waals surface area contributed by atoms with Gasteiger partial charge in [0, 0.05) is 24.2 Å². The normalized spacial score (nSPS) is 31.8. The first-order valence-corrected chi connectivity index (χ1v) is 10.2. The average molecular weight is 445 g/mol. The van der Waals surface area contributed by atoms with Crippen molar-refractivity contribution in [3.63, 3.8) is 0 Å². The number of esters is 2. The van der Waals surface area contributed by atoms with Crippen LogP contribution in [0.4, 0.5) is 0 Å². The van der Waals surface area contributed by atoms with Crippen molar-refractivity contribution in [3.8, 4) is 0 Å². The van der Waals surface area contributed by atoms with Crippen LogP contribution in [-0.4, -0.2) is 62.6 Å². The number of carbonyl (C=O) groups is 4. The average Bonchev–Trinajstić information content (AvgIpc) is 2.72. The summed E-state index contributed by atoms with van der Waals surface area (Å²) < 4.78 is 10.3. The van der Waals surface area contributed by atoms with Gasteiger partial charge in [-0.25, -0.2) is 0 Å². The number of carbonyl (C=O) groups excluding carboxylic acids is 2. The van der Waals surface area contributed by atoms with E-state index >= 15 is 0 Å². The topological polar surface area (TPSA) is 191 Å². The zero-order valence-corrected chi connectivity index (χ0v) is 17.0. The quantitative estimate of drug-likeness (QED) is 0.207. The molecule has 0 aromatic rings. The molecular weight excluding hydrogens is 418 g/mol. The number of hydrogen-bond acceptors (Lipinski definition) is 9. The highest BCUT2D eigenvalue weighted by Crippen LogP contribution is 2.34. The van der Waals surface area contributed by atoms with Crippen molar-refractivity contribution in [1.29, 1.82) is 0 Å². The lowest BCUT2D eigenvalue weighted by molar-refractivity contribution is -0.528. The number of aliphatic hydroxyl groups is 1. The summed E-state index contributed by atoms with van der Waals surface area (Å²) in [4.78, 5) is 58.5. The predicted molar refractivity (Wildman–Crippen MR) is 100.0 cm³/mol. The van der Waals surface area contributed by atoms with Gasteiger partial charge in [-0.3, -0.25) is 29.3 Å². The van der Waals surface area contributed by atoms with Gasteiger partial charge in [-0.05, 0) is 25.7 Å². The minimum atomic E-state index is -1.38. The maximum absolute atomic E-state index is 12.6. The third-order valence-corrected chi connectivity index (χ3v) is 6.01. The number of ether oxygens (including phenoxy) is 2. The molecule has 2 aliphatic carbocycles. The zero-order chi connectivity index (χ0) is 23.3. The van der Waals surface area contributed by atoms with Gasteiger partial charge < -0.3 is 24.8 Å². The fourth-order valence-corrected chi connectivity index (χ4v) is 4.22. The van der Waals surface area contributed by atoms with Gasteiger partial charge in [-0.1, -0.05) is 6.92 Å². The van der Waals surface area contributed by atoms with E-state index in [2.05, 4.69) is 0 Å². The fraction of sp³-hybridized carbons (Fsp3) is 0.789. The second-order valence-electron chi connectivity index (χ2n) is 8.03. The Morgan fingerprint density at radius 2 is 1.45 bits per heavy atom. The first-order valence-electron chi connectivity index (χ1n) is 10.2. The lowest BCUT2D eigenvalue weighted by atomic mass is 9.77. The maximum atomic E-state index is 12.6. The van der Waals surface area contributed by atoms with E-state index < -0.39 is 70.9 Å². The molecule has 2 aliphatic rings. The Bertz CT molecular complexity index is 724. The molecule has 12 nitrogen and oxygen atoms in total. The van der Waals surface area contributed by atoms with Crippen LogP contribution in [0, 0.1) is 33.8 Å². The Morgan fingerprint density at radius 1 is 0.903 bits per heavy atom. The number of rotatable bonds is 8. The van der Waals surface area contributed by atoms with Crippen LogP contribution in [0.1, 0.15) is 51.9 Å². The van der Waals surface area contributed by atoms with E-state index in [4.69, 9.17) is 9.47 Å². The van der Waals surface area contributed by atoms with Crippen LogP contribution >= 0.6 is 0 Å². The number of nitrogens with zero attached hydrogens (tertiary/aromatic N) is 1. The summed E-state index contributed by atoms with van der Waals surface area (Å²) in [6.07, 6.45) is -2.30. The van der Waals surface area contributed by atoms with Crippen molar-refractivity contribution in [2.24, 2.45) is 23.7 Å². The molecule has 7 atom stereocenters. The minimum absolute atomic E-state index is 0.0215. The van der Waals surface area contributed by atoms with Crippen molar-refractivity contribution in [3.05, 3.63) is 10.1 Å². The molecule has 0 heterocycles. The van der Waals surface area contributed by atoms with Gasteiger partial charge >= 0.3 is 23.9 Å². The van der Waals surface area contributed by atoms with Gasteiger partial charge in [-0.2, -0.15) is 0 Å². The molecule has 0 aliphatic heterocycles. The molecule has 31 heavy (non-hydrogen) atoms. The number of aliphatic carboxylic acids is 2. The molecule has 2 rings (SSSR count). The van der Waals surface area contributed by atoms with Crippen LogP contribution in [0.25, 0.3) is 0 Å². The van der Waals surface area contributed by atoms with Crippen LogP contribution in [0.5, 0.6) is 0 Å². The van der Waals surface area contributed by atoms with Crippen LogP contribution in [-0.2, 0) is 28.7 Å². The Balaban J connectivity index is 2.05. The first-order chi connectivity index (χ1) is 14.5. The molecule has 0 saturated heterocycles.